The highest BCUT2D eigenvalue weighted by Crippen LogP contribution is 2.43. The van der Waals surface area contributed by atoms with Crippen molar-refractivity contribution in [1.29, 1.82) is 0 Å². The van der Waals surface area contributed by atoms with Gasteiger partial charge in [-0.1, -0.05) is 46.3 Å². The van der Waals surface area contributed by atoms with Crippen molar-refractivity contribution in [3.05, 3.63) is 35.9 Å². The summed E-state index contributed by atoms with van der Waals surface area (Å²) in [5.41, 5.74) is 0.705. The molecule has 110 valence electrons. The van der Waals surface area contributed by atoms with Crippen LogP contribution in [-0.2, 0) is 11.3 Å². The third kappa shape index (κ3) is 3.75. The van der Waals surface area contributed by atoms with Crippen molar-refractivity contribution < 1.29 is 18.0 Å². The molecule has 1 amide bonds. The summed E-state index contributed by atoms with van der Waals surface area (Å²) in [4.78, 5) is 12.9. The van der Waals surface area contributed by atoms with Gasteiger partial charge in [-0.25, -0.2) is 0 Å². The second kappa shape index (κ2) is 6.16. The van der Waals surface area contributed by atoms with E-state index in [1.807, 2.05) is 0 Å². The molecule has 0 saturated heterocycles. The van der Waals surface area contributed by atoms with E-state index in [0.717, 1.165) is 4.90 Å². The van der Waals surface area contributed by atoms with E-state index in [1.54, 1.807) is 30.3 Å². The minimum absolute atomic E-state index is 0.00799. The standard InChI is InChI=1S/C14H15BrF3NO/c15-8-12(20)19(9-10-4-2-1-3-5-10)13(11-6-7-11)14(16,17)18/h1-5,11,13H,6-9H2/t13-/m0/s1. The van der Waals surface area contributed by atoms with Crippen molar-refractivity contribution in [2.75, 3.05) is 5.33 Å². The predicted molar refractivity (Wildman–Crippen MR) is 73.4 cm³/mol. The van der Waals surface area contributed by atoms with Gasteiger partial charge in [-0.3, -0.25) is 4.79 Å². The largest absolute Gasteiger partial charge is 0.409 e. The Hall–Kier alpha value is -1.04. The molecule has 1 aromatic rings. The monoisotopic (exact) mass is 349 g/mol. The summed E-state index contributed by atoms with van der Waals surface area (Å²) in [6, 6.07) is 7.09. The number of nitrogens with zero attached hydrogens (tertiary/aromatic N) is 1. The van der Waals surface area contributed by atoms with Gasteiger partial charge in [0.05, 0.1) is 5.33 Å². The lowest BCUT2D eigenvalue weighted by Crippen LogP contribution is -2.50. The van der Waals surface area contributed by atoms with Crippen LogP contribution in [0.15, 0.2) is 30.3 Å². The minimum atomic E-state index is -4.38. The van der Waals surface area contributed by atoms with E-state index in [-0.39, 0.29) is 11.9 Å². The highest BCUT2D eigenvalue weighted by molar-refractivity contribution is 9.09. The highest BCUT2D eigenvalue weighted by atomic mass is 79.9. The van der Waals surface area contributed by atoms with E-state index < -0.39 is 24.0 Å². The van der Waals surface area contributed by atoms with E-state index in [9.17, 15) is 18.0 Å². The van der Waals surface area contributed by atoms with Gasteiger partial charge in [0.2, 0.25) is 5.91 Å². The van der Waals surface area contributed by atoms with E-state index in [2.05, 4.69) is 15.9 Å². The third-order valence-electron chi connectivity index (χ3n) is 3.37. The van der Waals surface area contributed by atoms with Crippen molar-refractivity contribution in [2.24, 2.45) is 5.92 Å². The number of rotatable bonds is 5. The van der Waals surface area contributed by atoms with Gasteiger partial charge in [-0.15, -0.1) is 0 Å². The molecule has 0 unspecified atom stereocenters. The number of carbonyl (C=O) groups is 1. The summed E-state index contributed by atoms with van der Waals surface area (Å²) in [6.07, 6.45) is -3.32. The maximum Gasteiger partial charge on any atom is 0.409 e. The van der Waals surface area contributed by atoms with Gasteiger partial charge < -0.3 is 4.90 Å². The molecule has 1 aromatic carbocycles. The molecule has 0 radical (unpaired) electrons. The Morgan fingerprint density at radius 2 is 1.90 bits per heavy atom. The molecule has 1 aliphatic carbocycles. The average molecular weight is 350 g/mol. The Kier molecular flexibility index (Phi) is 4.73. The molecule has 0 N–H and O–H groups in total. The van der Waals surface area contributed by atoms with Gasteiger partial charge in [-0.05, 0) is 24.3 Å². The minimum Gasteiger partial charge on any atom is -0.325 e. The van der Waals surface area contributed by atoms with E-state index in [0.29, 0.717) is 18.4 Å². The number of carbonyl (C=O) groups excluding carboxylic acids is 1. The molecule has 2 nitrogen and oxygen atoms in total. The Bertz CT molecular complexity index is 459. The van der Waals surface area contributed by atoms with Crippen molar-refractivity contribution in [2.45, 2.75) is 31.6 Å². The molecule has 6 heteroatoms. The van der Waals surface area contributed by atoms with Crippen LogP contribution in [0.1, 0.15) is 18.4 Å². The van der Waals surface area contributed by atoms with Gasteiger partial charge in [0.1, 0.15) is 6.04 Å². The molecule has 0 heterocycles. The number of benzene rings is 1. The first-order valence-electron chi connectivity index (χ1n) is 6.39. The topological polar surface area (TPSA) is 20.3 Å². The Morgan fingerprint density at radius 3 is 2.35 bits per heavy atom. The lowest BCUT2D eigenvalue weighted by molar-refractivity contribution is -0.195. The van der Waals surface area contributed by atoms with Crippen molar-refractivity contribution in [3.8, 4) is 0 Å². The van der Waals surface area contributed by atoms with Gasteiger partial charge >= 0.3 is 6.18 Å². The van der Waals surface area contributed by atoms with Crippen molar-refractivity contribution in [1.82, 2.24) is 4.90 Å². The molecular formula is C14H15BrF3NO. The zero-order valence-electron chi connectivity index (χ0n) is 10.7. The molecule has 0 spiro atoms. The van der Waals surface area contributed by atoms with E-state index in [4.69, 9.17) is 0 Å². The number of alkyl halides is 4. The van der Waals surface area contributed by atoms with Crippen LogP contribution >= 0.6 is 15.9 Å². The van der Waals surface area contributed by atoms with E-state index in [1.165, 1.54) is 0 Å². The molecule has 20 heavy (non-hydrogen) atoms. The lowest BCUT2D eigenvalue weighted by Gasteiger charge is -2.33. The zero-order valence-corrected chi connectivity index (χ0v) is 12.3. The maximum atomic E-state index is 13.3. The van der Waals surface area contributed by atoms with Crippen molar-refractivity contribution in [3.63, 3.8) is 0 Å². The summed E-state index contributed by atoms with van der Waals surface area (Å²) < 4.78 is 39.8. The summed E-state index contributed by atoms with van der Waals surface area (Å²) in [7, 11) is 0. The van der Waals surface area contributed by atoms with Gasteiger partial charge in [0.25, 0.3) is 0 Å². The van der Waals surface area contributed by atoms with Gasteiger partial charge in [-0.2, -0.15) is 13.2 Å². The van der Waals surface area contributed by atoms with Crippen LogP contribution in [0.2, 0.25) is 0 Å². The van der Waals surface area contributed by atoms with Crippen LogP contribution in [0.4, 0.5) is 13.2 Å². The molecule has 1 aliphatic rings. The summed E-state index contributed by atoms with van der Waals surface area (Å²) in [5, 5.41) is -0.0981. The van der Waals surface area contributed by atoms with Crippen LogP contribution in [0.5, 0.6) is 0 Å². The molecule has 1 fully saturated rings. The summed E-state index contributed by atoms with van der Waals surface area (Å²) in [5.74, 6) is -0.982. The van der Waals surface area contributed by atoms with Gasteiger partial charge in [0.15, 0.2) is 0 Å². The molecule has 1 saturated carbocycles. The average Bonchev–Trinajstić information content (AvgIpc) is 3.21. The first kappa shape index (κ1) is 15.4. The fourth-order valence-electron chi connectivity index (χ4n) is 2.31. The van der Waals surface area contributed by atoms with Crippen LogP contribution < -0.4 is 0 Å². The second-order valence-corrected chi connectivity index (χ2v) is 5.53. The Labute approximate surface area is 124 Å². The van der Waals surface area contributed by atoms with Gasteiger partial charge in [0, 0.05) is 6.54 Å². The SMILES string of the molecule is O=C(CBr)N(Cc1ccccc1)[C@@H](C1CC1)C(F)(F)F. The maximum absolute atomic E-state index is 13.3. The summed E-state index contributed by atoms with van der Waals surface area (Å²) in [6.45, 7) is -0.00799. The molecule has 0 aromatic heterocycles. The molecule has 1 atom stereocenters. The lowest BCUT2D eigenvalue weighted by atomic mass is 10.1. The number of hydrogen-bond acceptors (Lipinski definition) is 1. The van der Waals surface area contributed by atoms with Crippen LogP contribution in [0.3, 0.4) is 0 Å². The first-order chi connectivity index (χ1) is 9.43. The van der Waals surface area contributed by atoms with Crippen LogP contribution in [0.25, 0.3) is 0 Å². The third-order valence-corrected chi connectivity index (χ3v) is 3.85. The van der Waals surface area contributed by atoms with Crippen LogP contribution in [-0.4, -0.2) is 28.4 Å². The predicted octanol–water partition coefficient (Wildman–Crippen LogP) is 3.75. The fraction of sp³-hybridized carbons (Fsp3) is 0.500. The summed E-state index contributed by atoms with van der Waals surface area (Å²) >= 11 is 2.97. The van der Waals surface area contributed by atoms with Crippen LogP contribution in [0, 0.1) is 5.92 Å². The Morgan fingerprint density at radius 1 is 1.30 bits per heavy atom. The second-order valence-electron chi connectivity index (χ2n) is 4.96. The quantitative estimate of drug-likeness (QED) is 0.741. The number of hydrogen-bond donors (Lipinski definition) is 0. The molecular weight excluding hydrogens is 335 g/mol. The fourth-order valence-corrected chi connectivity index (χ4v) is 2.63. The van der Waals surface area contributed by atoms with E-state index >= 15 is 0 Å². The van der Waals surface area contributed by atoms with Crippen molar-refractivity contribution >= 4 is 21.8 Å². The first-order valence-corrected chi connectivity index (χ1v) is 7.51. The molecule has 0 bridgehead atoms. The molecule has 2 rings (SSSR count). The Balaban J connectivity index is 2.24. The normalized spacial score (nSPS) is 16.8. The zero-order chi connectivity index (χ0) is 14.8. The molecule has 0 aliphatic heterocycles. The smallest absolute Gasteiger partial charge is 0.325 e. The highest BCUT2D eigenvalue weighted by Gasteiger charge is 2.53. The number of amides is 1. The number of halogens is 4.